The fourth-order valence-corrected chi connectivity index (χ4v) is 2.20. The van der Waals surface area contributed by atoms with Gasteiger partial charge in [0.1, 0.15) is 0 Å². The number of esters is 1. The third kappa shape index (κ3) is 6.96. The number of carbonyl (C=O) groups excluding carboxylic acids is 2. The first kappa shape index (κ1) is 19.9. The fraction of sp³-hybridized carbons (Fsp3) is 0.474. The Morgan fingerprint density at radius 2 is 1.83 bits per heavy atom. The number of nitrogens with zero attached hydrogens (tertiary/aromatic N) is 1. The van der Waals surface area contributed by atoms with Crippen LogP contribution in [0.1, 0.15) is 44.2 Å². The van der Waals surface area contributed by atoms with E-state index < -0.39 is 6.10 Å². The largest absolute Gasteiger partial charge is 0.469 e. The van der Waals surface area contributed by atoms with Crippen LogP contribution in [0.4, 0.5) is 0 Å². The lowest BCUT2D eigenvalue weighted by molar-refractivity contribution is -0.141. The van der Waals surface area contributed by atoms with Crippen molar-refractivity contribution in [1.29, 1.82) is 0 Å². The minimum atomic E-state index is -0.662. The van der Waals surface area contributed by atoms with Crippen LogP contribution in [0.5, 0.6) is 0 Å². The van der Waals surface area contributed by atoms with Crippen molar-refractivity contribution < 1.29 is 19.4 Å². The normalized spacial score (nSPS) is 12.4. The molecular formula is C19H27NO4. The lowest BCUT2D eigenvalue weighted by Crippen LogP contribution is -2.37. The van der Waals surface area contributed by atoms with Gasteiger partial charge in [-0.15, -0.1) is 0 Å². The van der Waals surface area contributed by atoms with E-state index in [1.54, 1.807) is 13.0 Å². The summed E-state index contributed by atoms with van der Waals surface area (Å²) < 4.78 is 4.59. The summed E-state index contributed by atoms with van der Waals surface area (Å²) in [6, 6.07) is 8.01. The number of aliphatic hydroxyl groups excluding tert-OH is 1. The maximum absolute atomic E-state index is 12.3. The molecule has 0 radical (unpaired) electrons. The van der Waals surface area contributed by atoms with Crippen molar-refractivity contribution in [2.75, 3.05) is 20.2 Å². The highest BCUT2D eigenvalue weighted by Crippen LogP contribution is 2.15. The molecule has 0 saturated carbocycles. The summed E-state index contributed by atoms with van der Waals surface area (Å²) >= 11 is 0. The maximum atomic E-state index is 12.3. The number of methoxy groups -OCH3 is 1. The molecule has 1 amide bonds. The van der Waals surface area contributed by atoms with Crippen LogP contribution in [0.25, 0.3) is 6.08 Å². The Hall–Kier alpha value is -2.14. The summed E-state index contributed by atoms with van der Waals surface area (Å²) in [5.74, 6) is -0.163. The second-order valence-corrected chi connectivity index (χ2v) is 6.11. The molecule has 1 aromatic carbocycles. The monoisotopic (exact) mass is 333 g/mol. The molecule has 0 heterocycles. The van der Waals surface area contributed by atoms with Crippen LogP contribution in [-0.2, 0) is 14.3 Å². The molecule has 1 atom stereocenters. The molecule has 0 spiro atoms. The molecule has 0 aliphatic heterocycles. The van der Waals surface area contributed by atoms with Crippen molar-refractivity contribution in [2.45, 2.75) is 39.2 Å². The average Bonchev–Trinajstić information content (AvgIpc) is 2.56. The Bertz CT molecular complexity index is 561. The first-order valence-electron chi connectivity index (χ1n) is 8.15. The number of ether oxygens (including phenoxy) is 1. The van der Waals surface area contributed by atoms with Gasteiger partial charge in [-0.25, -0.2) is 0 Å². The fourth-order valence-electron chi connectivity index (χ4n) is 2.20. The minimum absolute atomic E-state index is 0.103. The zero-order valence-corrected chi connectivity index (χ0v) is 14.9. The van der Waals surface area contributed by atoms with Gasteiger partial charge in [-0.2, -0.15) is 0 Å². The Morgan fingerprint density at radius 3 is 2.33 bits per heavy atom. The van der Waals surface area contributed by atoms with Crippen molar-refractivity contribution in [2.24, 2.45) is 0 Å². The van der Waals surface area contributed by atoms with Gasteiger partial charge in [0.05, 0.1) is 19.6 Å². The highest BCUT2D eigenvalue weighted by molar-refractivity contribution is 5.92. The predicted octanol–water partition coefficient (Wildman–Crippen LogP) is 2.60. The van der Waals surface area contributed by atoms with Gasteiger partial charge in [-0.1, -0.05) is 38.1 Å². The molecule has 0 saturated heterocycles. The first-order chi connectivity index (χ1) is 11.3. The molecule has 1 aromatic rings. The van der Waals surface area contributed by atoms with Crippen LogP contribution in [0.3, 0.4) is 0 Å². The van der Waals surface area contributed by atoms with Gasteiger partial charge in [0.2, 0.25) is 5.91 Å². The van der Waals surface area contributed by atoms with Gasteiger partial charge < -0.3 is 14.7 Å². The van der Waals surface area contributed by atoms with E-state index in [-0.39, 0.29) is 31.4 Å². The predicted molar refractivity (Wildman–Crippen MR) is 94.5 cm³/mol. The number of aliphatic hydroxyl groups is 1. The third-order valence-corrected chi connectivity index (χ3v) is 3.63. The van der Waals surface area contributed by atoms with E-state index in [4.69, 9.17) is 0 Å². The molecule has 0 aliphatic carbocycles. The van der Waals surface area contributed by atoms with Crippen LogP contribution < -0.4 is 0 Å². The van der Waals surface area contributed by atoms with Gasteiger partial charge in [-0.3, -0.25) is 9.59 Å². The molecule has 0 aromatic heterocycles. The summed E-state index contributed by atoms with van der Waals surface area (Å²) in [7, 11) is 1.31. The lowest BCUT2D eigenvalue weighted by Gasteiger charge is -2.22. The second-order valence-electron chi connectivity index (χ2n) is 6.11. The number of benzene rings is 1. The van der Waals surface area contributed by atoms with Gasteiger partial charge in [0, 0.05) is 19.2 Å². The highest BCUT2D eigenvalue weighted by Gasteiger charge is 2.15. The molecule has 1 unspecified atom stereocenters. The molecule has 1 N–H and O–H groups in total. The van der Waals surface area contributed by atoms with E-state index in [2.05, 4.69) is 18.6 Å². The van der Waals surface area contributed by atoms with E-state index >= 15 is 0 Å². The van der Waals surface area contributed by atoms with Crippen molar-refractivity contribution in [3.05, 3.63) is 41.5 Å². The zero-order chi connectivity index (χ0) is 18.1. The molecule has 0 fully saturated rings. The molecule has 5 heteroatoms. The van der Waals surface area contributed by atoms with Crippen LogP contribution in [0.15, 0.2) is 30.3 Å². The first-order valence-corrected chi connectivity index (χ1v) is 8.15. The van der Waals surface area contributed by atoms with Gasteiger partial charge in [-0.05, 0) is 30.0 Å². The topological polar surface area (TPSA) is 66.8 Å². The summed E-state index contributed by atoms with van der Waals surface area (Å²) in [5, 5.41) is 9.53. The van der Waals surface area contributed by atoms with Crippen LogP contribution in [-0.4, -0.2) is 48.2 Å². The quantitative estimate of drug-likeness (QED) is 0.586. The van der Waals surface area contributed by atoms with Crippen LogP contribution in [0, 0.1) is 0 Å². The summed E-state index contributed by atoms with van der Waals surface area (Å²) in [5.41, 5.74) is 2.17. The molecule has 24 heavy (non-hydrogen) atoms. The second kappa shape index (κ2) is 9.88. The van der Waals surface area contributed by atoms with Crippen LogP contribution >= 0.6 is 0 Å². The lowest BCUT2D eigenvalue weighted by atomic mass is 10.0. The van der Waals surface area contributed by atoms with Gasteiger partial charge in [0.15, 0.2) is 0 Å². The Balaban J connectivity index is 2.72. The maximum Gasteiger partial charge on any atom is 0.307 e. The number of carbonyl (C=O) groups is 2. The SMILES string of the molecule is COC(=O)CCN(CC(C)O)C(=O)/C=C/c1ccc(C(C)C)cc1. The summed E-state index contributed by atoms with van der Waals surface area (Å²) in [4.78, 5) is 25.0. The average molecular weight is 333 g/mol. The number of amides is 1. The molecule has 0 bridgehead atoms. The number of rotatable bonds is 8. The van der Waals surface area contributed by atoms with Crippen molar-refractivity contribution in [3.8, 4) is 0 Å². The molecule has 132 valence electrons. The zero-order valence-electron chi connectivity index (χ0n) is 14.9. The summed E-state index contributed by atoms with van der Waals surface area (Å²) in [6.45, 7) is 6.25. The molecular weight excluding hydrogens is 306 g/mol. The van der Waals surface area contributed by atoms with Crippen molar-refractivity contribution in [1.82, 2.24) is 4.90 Å². The molecule has 0 aliphatic rings. The number of hydrogen-bond donors (Lipinski definition) is 1. The van der Waals surface area contributed by atoms with Crippen LogP contribution in [0.2, 0.25) is 0 Å². The Morgan fingerprint density at radius 1 is 1.21 bits per heavy atom. The Labute approximate surface area is 143 Å². The van der Waals surface area contributed by atoms with Crippen molar-refractivity contribution >= 4 is 18.0 Å². The minimum Gasteiger partial charge on any atom is -0.469 e. The van der Waals surface area contributed by atoms with E-state index in [0.717, 1.165) is 5.56 Å². The van der Waals surface area contributed by atoms with E-state index in [0.29, 0.717) is 5.92 Å². The van der Waals surface area contributed by atoms with Crippen molar-refractivity contribution in [3.63, 3.8) is 0 Å². The van der Waals surface area contributed by atoms with E-state index in [1.807, 2.05) is 24.3 Å². The third-order valence-electron chi connectivity index (χ3n) is 3.63. The van der Waals surface area contributed by atoms with Gasteiger partial charge >= 0.3 is 5.97 Å². The molecule has 5 nitrogen and oxygen atoms in total. The smallest absolute Gasteiger partial charge is 0.307 e. The highest BCUT2D eigenvalue weighted by atomic mass is 16.5. The van der Waals surface area contributed by atoms with Gasteiger partial charge in [0.25, 0.3) is 0 Å². The Kier molecular flexibility index (Phi) is 8.19. The summed E-state index contributed by atoms with van der Waals surface area (Å²) in [6.07, 6.45) is 2.64. The molecule has 1 rings (SSSR count). The van der Waals surface area contributed by atoms with E-state index in [9.17, 15) is 14.7 Å². The number of hydrogen-bond acceptors (Lipinski definition) is 4. The standard InChI is InChI=1S/C19H27NO4/c1-14(2)17-8-5-16(6-9-17)7-10-18(22)20(13-15(3)21)12-11-19(23)24-4/h5-10,14-15,21H,11-13H2,1-4H3/b10-7+. The van der Waals surface area contributed by atoms with E-state index in [1.165, 1.54) is 23.6 Å².